The number of carbonyl (C=O) groups is 3. The molecular weight excluding hydrogens is 190 g/mol. The lowest BCUT2D eigenvalue weighted by molar-refractivity contribution is -0.147. The standard InChI is InChI=1S/C8H11NO5/c1-4(2)6(10)9-5(7(11)12)3-14-8(9)13/h4-5H,3H2,1-2H3,(H,11,12)/t5-/m0/s1. The van der Waals surface area contributed by atoms with Crippen molar-refractivity contribution in [3.05, 3.63) is 0 Å². The molecule has 1 N–H and O–H groups in total. The third-order valence-corrected chi connectivity index (χ3v) is 1.89. The molecule has 0 aromatic heterocycles. The van der Waals surface area contributed by atoms with Gasteiger partial charge in [-0.1, -0.05) is 13.8 Å². The Morgan fingerprint density at radius 2 is 2.14 bits per heavy atom. The molecule has 1 aliphatic heterocycles. The summed E-state index contributed by atoms with van der Waals surface area (Å²) < 4.78 is 4.50. The van der Waals surface area contributed by atoms with E-state index in [1.807, 2.05) is 0 Å². The van der Waals surface area contributed by atoms with Crippen LogP contribution in [-0.2, 0) is 14.3 Å². The van der Waals surface area contributed by atoms with Crippen LogP contribution < -0.4 is 0 Å². The van der Waals surface area contributed by atoms with Crippen LogP contribution in [0.5, 0.6) is 0 Å². The molecule has 0 radical (unpaired) electrons. The van der Waals surface area contributed by atoms with Crippen LogP contribution in [0.15, 0.2) is 0 Å². The molecule has 0 aliphatic carbocycles. The van der Waals surface area contributed by atoms with Crippen molar-refractivity contribution < 1.29 is 24.2 Å². The fourth-order valence-electron chi connectivity index (χ4n) is 1.13. The summed E-state index contributed by atoms with van der Waals surface area (Å²) in [6, 6.07) is -1.18. The van der Waals surface area contributed by atoms with Crippen molar-refractivity contribution in [2.45, 2.75) is 19.9 Å². The summed E-state index contributed by atoms with van der Waals surface area (Å²) in [4.78, 5) is 33.8. The first kappa shape index (κ1) is 10.5. The van der Waals surface area contributed by atoms with Gasteiger partial charge < -0.3 is 9.84 Å². The molecule has 1 heterocycles. The molecule has 0 bridgehead atoms. The average molecular weight is 201 g/mol. The molecule has 1 rings (SSSR count). The largest absolute Gasteiger partial charge is 0.480 e. The molecule has 1 aliphatic rings. The summed E-state index contributed by atoms with van der Waals surface area (Å²) in [5, 5.41) is 8.71. The minimum atomic E-state index is -1.23. The Morgan fingerprint density at radius 3 is 2.57 bits per heavy atom. The predicted molar refractivity (Wildman–Crippen MR) is 44.5 cm³/mol. The lowest BCUT2D eigenvalue weighted by Crippen LogP contribution is -2.45. The van der Waals surface area contributed by atoms with E-state index in [-0.39, 0.29) is 6.61 Å². The van der Waals surface area contributed by atoms with Gasteiger partial charge in [0.05, 0.1) is 0 Å². The summed E-state index contributed by atoms with van der Waals surface area (Å²) in [7, 11) is 0. The van der Waals surface area contributed by atoms with E-state index in [9.17, 15) is 14.4 Å². The number of nitrogens with zero attached hydrogens (tertiary/aromatic N) is 1. The van der Waals surface area contributed by atoms with E-state index >= 15 is 0 Å². The predicted octanol–water partition coefficient (Wildman–Crippen LogP) is 0.0744. The van der Waals surface area contributed by atoms with Crippen molar-refractivity contribution in [3.8, 4) is 0 Å². The van der Waals surface area contributed by atoms with Gasteiger partial charge in [-0.25, -0.2) is 14.5 Å². The van der Waals surface area contributed by atoms with Crippen LogP contribution in [0.1, 0.15) is 13.8 Å². The quantitative estimate of drug-likeness (QED) is 0.683. The molecule has 6 nitrogen and oxygen atoms in total. The Balaban J connectivity index is 2.87. The van der Waals surface area contributed by atoms with E-state index in [1.165, 1.54) is 0 Å². The third-order valence-electron chi connectivity index (χ3n) is 1.89. The first-order valence-electron chi connectivity index (χ1n) is 4.17. The van der Waals surface area contributed by atoms with E-state index in [4.69, 9.17) is 5.11 Å². The number of carboxylic acid groups (broad SMARTS) is 1. The highest BCUT2D eigenvalue weighted by atomic mass is 16.6. The Hall–Kier alpha value is -1.59. The fourth-order valence-corrected chi connectivity index (χ4v) is 1.13. The zero-order valence-electron chi connectivity index (χ0n) is 7.89. The third kappa shape index (κ3) is 1.68. The number of hydrogen-bond donors (Lipinski definition) is 1. The Labute approximate surface area is 80.4 Å². The summed E-state index contributed by atoms with van der Waals surface area (Å²) in [6.45, 7) is 2.91. The number of hydrogen-bond acceptors (Lipinski definition) is 4. The van der Waals surface area contributed by atoms with E-state index in [0.29, 0.717) is 4.90 Å². The van der Waals surface area contributed by atoms with E-state index in [1.54, 1.807) is 13.8 Å². The zero-order valence-corrected chi connectivity index (χ0v) is 7.89. The van der Waals surface area contributed by atoms with Crippen LogP contribution in [0.3, 0.4) is 0 Å². The summed E-state index contributed by atoms with van der Waals surface area (Å²) >= 11 is 0. The maximum atomic E-state index is 11.4. The molecule has 1 atom stereocenters. The number of rotatable bonds is 2. The molecule has 0 spiro atoms. The monoisotopic (exact) mass is 201 g/mol. The second-order valence-electron chi connectivity index (χ2n) is 3.29. The van der Waals surface area contributed by atoms with Gasteiger partial charge in [-0.2, -0.15) is 0 Å². The number of aliphatic carboxylic acids is 1. The van der Waals surface area contributed by atoms with E-state index in [0.717, 1.165) is 0 Å². The van der Waals surface area contributed by atoms with Gasteiger partial charge in [-0.05, 0) is 0 Å². The normalized spacial score (nSPS) is 21.2. The summed E-state index contributed by atoms with van der Waals surface area (Å²) in [6.07, 6.45) is -0.879. The number of cyclic esters (lactones) is 1. The smallest absolute Gasteiger partial charge is 0.417 e. The highest BCUT2D eigenvalue weighted by Gasteiger charge is 2.42. The van der Waals surface area contributed by atoms with Crippen LogP contribution in [0.25, 0.3) is 0 Å². The van der Waals surface area contributed by atoms with E-state index < -0.39 is 29.9 Å². The summed E-state index contributed by atoms with van der Waals surface area (Å²) in [5.41, 5.74) is 0. The molecule has 14 heavy (non-hydrogen) atoms. The topological polar surface area (TPSA) is 83.9 Å². The molecule has 0 aromatic carbocycles. The van der Waals surface area contributed by atoms with Gasteiger partial charge in [-0.3, -0.25) is 4.79 Å². The van der Waals surface area contributed by atoms with Gasteiger partial charge in [0.25, 0.3) is 0 Å². The average Bonchev–Trinajstić information content (AvgIpc) is 2.45. The Kier molecular flexibility index (Phi) is 2.73. The van der Waals surface area contributed by atoms with Crippen LogP contribution >= 0.6 is 0 Å². The maximum absolute atomic E-state index is 11.4. The van der Waals surface area contributed by atoms with Crippen LogP contribution in [0.2, 0.25) is 0 Å². The lowest BCUT2D eigenvalue weighted by Gasteiger charge is -2.17. The molecule has 6 heteroatoms. The Bertz CT molecular complexity index is 285. The SMILES string of the molecule is CC(C)C(=O)N1C(=O)OC[C@H]1C(=O)O. The molecule has 1 fully saturated rings. The highest BCUT2D eigenvalue weighted by Crippen LogP contribution is 2.15. The molecule has 1 saturated heterocycles. The molecule has 0 aromatic rings. The molecule has 0 saturated carbocycles. The van der Waals surface area contributed by atoms with Crippen molar-refractivity contribution >= 4 is 18.0 Å². The number of amides is 2. The van der Waals surface area contributed by atoms with Crippen LogP contribution in [0.4, 0.5) is 4.79 Å². The first-order chi connectivity index (χ1) is 6.45. The summed E-state index contributed by atoms with van der Waals surface area (Å²) in [5.74, 6) is -2.19. The minimum absolute atomic E-state index is 0.271. The number of imide groups is 1. The van der Waals surface area contributed by atoms with Crippen LogP contribution in [0, 0.1) is 5.92 Å². The van der Waals surface area contributed by atoms with Crippen molar-refractivity contribution in [1.29, 1.82) is 0 Å². The van der Waals surface area contributed by atoms with Crippen molar-refractivity contribution in [1.82, 2.24) is 4.90 Å². The van der Waals surface area contributed by atoms with Gasteiger partial charge in [0.2, 0.25) is 5.91 Å². The highest BCUT2D eigenvalue weighted by molar-refractivity contribution is 5.98. The van der Waals surface area contributed by atoms with Crippen LogP contribution in [-0.4, -0.2) is 40.6 Å². The van der Waals surface area contributed by atoms with Crippen molar-refractivity contribution in [2.75, 3.05) is 6.61 Å². The van der Waals surface area contributed by atoms with Crippen molar-refractivity contribution in [2.24, 2.45) is 5.92 Å². The second kappa shape index (κ2) is 3.65. The van der Waals surface area contributed by atoms with Gasteiger partial charge >= 0.3 is 12.1 Å². The first-order valence-corrected chi connectivity index (χ1v) is 4.17. The van der Waals surface area contributed by atoms with Gasteiger partial charge in [0.1, 0.15) is 6.61 Å². The molecule has 0 unspecified atom stereocenters. The molecule has 2 amide bonds. The molecule has 78 valence electrons. The Morgan fingerprint density at radius 1 is 1.57 bits per heavy atom. The number of carboxylic acids is 1. The fraction of sp³-hybridized carbons (Fsp3) is 0.625. The zero-order chi connectivity index (χ0) is 10.9. The minimum Gasteiger partial charge on any atom is -0.480 e. The van der Waals surface area contributed by atoms with E-state index in [2.05, 4.69) is 4.74 Å². The van der Waals surface area contributed by atoms with Crippen molar-refractivity contribution in [3.63, 3.8) is 0 Å². The molecular formula is C8H11NO5. The lowest BCUT2D eigenvalue weighted by atomic mass is 10.1. The number of carbonyl (C=O) groups excluding carboxylic acids is 2. The second-order valence-corrected chi connectivity index (χ2v) is 3.29. The number of ether oxygens (including phenoxy) is 1. The van der Waals surface area contributed by atoms with Gasteiger partial charge in [0.15, 0.2) is 6.04 Å². The van der Waals surface area contributed by atoms with Gasteiger partial charge in [0, 0.05) is 5.92 Å². The maximum Gasteiger partial charge on any atom is 0.417 e. The van der Waals surface area contributed by atoms with Gasteiger partial charge in [-0.15, -0.1) is 0 Å².